The van der Waals surface area contributed by atoms with Crippen LogP contribution in [0.25, 0.3) is 5.65 Å². The third kappa shape index (κ3) is 3.57. The topological polar surface area (TPSA) is 64.9 Å². The van der Waals surface area contributed by atoms with Gasteiger partial charge in [0.25, 0.3) is 0 Å². The molecule has 0 saturated heterocycles. The number of rotatable bonds is 4. The van der Waals surface area contributed by atoms with Gasteiger partial charge in [-0.05, 0) is 38.5 Å². The fourth-order valence-electron chi connectivity index (χ4n) is 1.46. The molecule has 0 aliphatic heterocycles. The summed E-state index contributed by atoms with van der Waals surface area (Å²) >= 11 is 5.53. The van der Waals surface area contributed by atoms with Crippen molar-refractivity contribution in [2.24, 2.45) is 0 Å². The van der Waals surface area contributed by atoms with Gasteiger partial charge < -0.3 is 14.8 Å². The average molecular weight is 440 g/mol. The lowest BCUT2D eigenvalue weighted by Crippen LogP contribution is -2.29. The summed E-state index contributed by atoms with van der Waals surface area (Å²) in [6.45, 7) is 0.829. The van der Waals surface area contributed by atoms with E-state index >= 15 is 0 Å². The SMILES string of the molecule is COCCNC(=O)Oc1cc(Br)cn2c(I)cnc12. The van der Waals surface area contributed by atoms with Crippen LogP contribution >= 0.6 is 38.5 Å². The first kappa shape index (κ1) is 14.5. The Hall–Kier alpha value is -0.870. The minimum absolute atomic E-state index is 0.394. The van der Waals surface area contributed by atoms with E-state index in [-0.39, 0.29) is 0 Å². The fourth-order valence-corrected chi connectivity index (χ4v) is 2.38. The van der Waals surface area contributed by atoms with Crippen molar-refractivity contribution in [1.29, 1.82) is 0 Å². The van der Waals surface area contributed by atoms with Crippen molar-refractivity contribution in [2.45, 2.75) is 0 Å². The molecule has 102 valence electrons. The number of hydrogen-bond donors (Lipinski definition) is 1. The lowest BCUT2D eigenvalue weighted by molar-refractivity contribution is 0.180. The van der Waals surface area contributed by atoms with Gasteiger partial charge in [-0.1, -0.05) is 0 Å². The Morgan fingerprint density at radius 1 is 1.63 bits per heavy atom. The van der Waals surface area contributed by atoms with Crippen LogP contribution in [0.4, 0.5) is 4.79 Å². The van der Waals surface area contributed by atoms with Crippen molar-refractivity contribution in [2.75, 3.05) is 20.3 Å². The lowest BCUT2D eigenvalue weighted by Gasteiger charge is -2.08. The van der Waals surface area contributed by atoms with Gasteiger partial charge in [0.05, 0.1) is 12.8 Å². The molecule has 19 heavy (non-hydrogen) atoms. The molecule has 1 N–H and O–H groups in total. The molecule has 0 aliphatic carbocycles. The molecule has 0 spiro atoms. The maximum absolute atomic E-state index is 11.6. The molecule has 1 amide bonds. The Labute approximate surface area is 131 Å². The molecule has 0 aromatic carbocycles. The van der Waals surface area contributed by atoms with Crippen molar-refractivity contribution in [1.82, 2.24) is 14.7 Å². The first-order valence-corrected chi connectivity index (χ1v) is 7.25. The number of carbonyl (C=O) groups excluding carboxylic acids is 1. The summed E-state index contributed by atoms with van der Waals surface area (Å²) in [6.07, 6.45) is 3.03. The maximum Gasteiger partial charge on any atom is 0.412 e. The minimum Gasteiger partial charge on any atom is -0.406 e. The number of pyridine rings is 1. The van der Waals surface area contributed by atoms with Crippen LogP contribution < -0.4 is 10.1 Å². The third-order valence-electron chi connectivity index (χ3n) is 2.27. The predicted molar refractivity (Wildman–Crippen MR) is 81.5 cm³/mol. The van der Waals surface area contributed by atoms with Crippen molar-refractivity contribution >= 4 is 50.3 Å². The molecule has 6 nitrogen and oxygen atoms in total. The highest BCUT2D eigenvalue weighted by atomic mass is 127. The molecule has 2 aromatic heterocycles. The van der Waals surface area contributed by atoms with Gasteiger partial charge in [-0.25, -0.2) is 9.78 Å². The first-order valence-electron chi connectivity index (χ1n) is 5.38. The van der Waals surface area contributed by atoms with E-state index in [0.717, 1.165) is 8.17 Å². The van der Waals surface area contributed by atoms with E-state index in [9.17, 15) is 4.79 Å². The van der Waals surface area contributed by atoms with Crippen LogP contribution in [0.3, 0.4) is 0 Å². The molecular weight excluding hydrogens is 429 g/mol. The standard InChI is InChI=1S/C11H11BrIN3O3/c1-18-3-2-14-11(17)19-8-4-7(12)6-16-9(13)5-15-10(8)16/h4-6H,2-3H2,1H3,(H,14,17). The van der Waals surface area contributed by atoms with Crippen LogP contribution in [0, 0.1) is 3.70 Å². The Kier molecular flexibility index (Phi) is 4.99. The van der Waals surface area contributed by atoms with Gasteiger partial charge in [-0.15, -0.1) is 0 Å². The fraction of sp³-hybridized carbons (Fsp3) is 0.273. The second-order valence-corrected chi connectivity index (χ2v) is 5.63. The van der Waals surface area contributed by atoms with Crippen LogP contribution in [-0.2, 0) is 4.74 Å². The van der Waals surface area contributed by atoms with Crippen LogP contribution in [0.5, 0.6) is 5.75 Å². The van der Waals surface area contributed by atoms with E-state index in [1.54, 1.807) is 19.4 Å². The van der Waals surface area contributed by atoms with E-state index in [4.69, 9.17) is 9.47 Å². The number of ether oxygens (including phenoxy) is 2. The Bertz CT molecular complexity index is 602. The molecule has 0 atom stereocenters. The van der Waals surface area contributed by atoms with Crippen molar-refractivity contribution in [3.63, 3.8) is 0 Å². The number of carbonyl (C=O) groups is 1. The number of hydrogen-bond acceptors (Lipinski definition) is 4. The molecule has 0 fully saturated rings. The molecule has 0 aliphatic rings. The number of amides is 1. The summed E-state index contributed by atoms with van der Waals surface area (Å²) in [5.41, 5.74) is 0.592. The second-order valence-electron chi connectivity index (χ2n) is 3.61. The second kappa shape index (κ2) is 6.53. The third-order valence-corrected chi connectivity index (χ3v) is 3.50. The zero-order valence-corrected chi connectivity index (χ0v) is 13.8. The molecule has 8 heteroatoms. The summed E-state index contributed by atoms with van der Waals surface area (Å²) in [4.78, 5) is 15.8. The van der Waals surface area contributed by atoms with E-state index < -0.39 is 6.09 Å². The average Bonchev–Trinajstić information content (AvgIpc) is 2.72. The highest BCUT2D eigenvalue weighted by molar-refractivity contribution is 14.1. The van der Waals surface area contributed by atoms with Gasteiger partial charge in [0, 0.05) is 30.4 Å². The number of nitrogens with zero attached hydrogens (tertiary/aromatic N) is 2. The number of imidazole rings is 1. The van der Waals surface area contributed by atoms with E-state index in [1.165, 1.54) is 0 Å². The molecule has 2 aromatic rings. The zero-order valence-electron chi connectivity index (χ0n) is 10.0. The van der Waals surface area contributed by atoms with Crippen molar-refractivity contribution in [3.05, 3.63) is 26.6 Å². The van der Waals surface area contributed by atoms with Gasteiger partial charge in [0.1, 0.15) is 3.70 Å². The molecule has 0 unspecified atom stereocenters. The van der Waals surface area contributed by atoms with E-state index in [2.05, 4.69) is 48.8 Å². The van der Waals surface area contributed by atoms with Crippen LogP contribution in [0.1, 0.15) is 0 Å². The summed E-state index contributed by atoms with van der Waals surface area (Å²) < 4.78 is 13.7. The Morgan fingerprint density at radius 2 is 2.42 bits per heavy atom. The number of fused-ring (bicyclic) bond motifs is 1. The summed E-state index contributed by atoms with van der Waals surface area (Å²) in [5.74, 6) is 0.396. The van der Waals surface area contributed by atoms with Crippen molar-refractivity contribution in [3.8, 4) is 5.75 Å². The van der Waals surface area contributed by atoms with E-state index in [0.29, 0.717) is 24.5 Å². The molecule has 2 rings (SSSR count). The highest BCUT2D eigenvalue weighted by Crippen LogP contribution is 2.25. The molecule has 2 heterocycles. The molecule has 0 saturated carbocycles. The normalized spacial score (nSPS) is 10.7. The Morgan fingerprint density at radius 3 is 3.16 bits per heavy atom. The number of halogens is 2. The smallest absolute Gasteiger partial charge is 0.406 e. The van der Waals surface area contributed by atoms with Gasteiger partial charge in [-0.3, -0.25) is 4.40 Å². The molecule has 0 radical (unpaired) electrons. The van der Waals surface area contributed by atoms with Crippen molar-refractivity contribution < 1.29 is 14.3 Å². The van der Waals surface area contributed by atoms with Crippen LogP contribution in [-0.4, -0.2) is 35.7 Å². The zero-order chi connectivity index (χ0) is 13.8. The van der Waals surface area contributed by atoms with Crippen LogP contribution in [0.15, 0.2) is 22.9 Å². The van der Waals surface area contributed by atoms with Gasteiger partial charge in [0.2, 0.25) is 0 Å². The summed E-state index contributed by atoms with van der Waals surface area (Å²) in [5, 5.41) is 2.58. The van der Waals surface area contributed by atoms with Gasteiger partial charge in [0.15, 0.2) is 11.4 Å². The predicted octanol–water partition coefficient (Wildman–Crippen LogP) is 2.44. The van der Waals surface area contributed by atoms with Gasteiger partial charge >= 0.3 is 6.09 Å². The number of methoxy groups -OCH3 is 1. The van der Waals surface area contributed by atoms with Gasteiger partial charge in [-0.2, -0.15) is 0 Å². The monoisotopic (exact) mass is 439 g/mol. The summed E-state index contributed by atoms with van der Waals surface area (Å²) in [6, 6.07) is 1.70. The minimum atomic E-state index is -0.532. The Balaban J connectivity index is 2.18. The lowest BCUT2D eigenvalue weighted by atomic mass is 10.4. The van der Waals surface area contributed by atoms with Crippen LogP contribution in [0.2, 0.25) is 0 Å². The van der Waals surface area contributed by atoms with E-state index in [1.807, 2.05) is 10.6 Å². The first-order chi connectivity index (χ1) is 9.11. The summed E-state index contributed by atoms with van der Waals surface area (Å²) in [7, 11) is 1.57. The maximum atomic E-state index is 11.6. The highest BCUT2D eigenvalue weighted by Gasteiger charge is 2.12. The molecular formula is C11H11BrIN3O3. The number of aromatic nitrogens is 2. The quantitative estimate of drug-likeness (QED) is 0.587. The largest absolute Gasteiger partial charge is 0.412 e. The number of nitrogens with one attached hydrogen (secondary N) is 1. The molecule has 0 bridgehead atoms.